The Morgan fingerprint density at radius 1 is 0.593 bits per heavy atom. The number of rotatable bonds is 4. The van der Waals surface area contributed by atoms with Crippen LogP contribution in [0.4, 0.5) is 9.59 Å². The molecule has 0 radical (unpaired) electrons. The zero-order chi connectivity index (χ0) is 19.1. The Kier molecular flexibility index (Phi) is 7.65. The van der Waals surface area contributed by atoms with Crippen molar-refractivity contribution >= 4 is 12.1 Å². The quantitative estimate of drug-likeness (QED) is 0.600. The van der Waals surface area contributed by atoms with E-state index >= 15 is 0 Å². The minimum absolute atomic E-state index is 0.0353. The molecule has 3 aliphatic carbocycles. The molecule has 6 nitrogen and oxygen atoms in total. The zero-order valence-electron chi connectivity index (χ0n) is 16.9. The van der Waals surface area contributed by atoms with Gasteiger partial charge in [-0.3, -0.25) is 0 Å². The fourth-order valence-corrected chi connectivity index (χ4v) is 4.96. The molecule has 0 aliphatic heterocycles. The summed E-state index contributed by atoms with van der Waals surface area (Å²) in [7, 11) is 0. The zero-order valence-corrected chi connectivity index (χ0v) is 16.9. The van der Waals surface area contributed by atoms with Gasteiger partial charge in [-0.15, -0.1) is 0 Å². The molecule has 3 rings (SSSR count). The Labute approximate surface area is 164 Å². The molecule has 3 aliphatic rings. The Hall–Kier alpha value is -1.46. The van der Waals surface area contributed by atoms with Gasteiger partial charge in [-0.1, -0.05) is 45.4 Å². The Bertz CT molecular complexity index is 487. The summed E-state index contributed by atoms with van der Waals surface area (Å²) in [4.78, 5) is 24.7. The fraction of sp³-hybridized carbons (Fsp3) is 0.905. The first-order chi connectivity index (χ1) is 13.1. The van der Waals surface area contributed by atoms with Crippen molar-refractivity contribution in [3.63, 3.8) is 0 Å². The lowest BCUT2D eigenvalue weighted by Gasteiger charge is -2.36. The highest BCUT2D eigenvalue weighted by atomic mass is 16.2. The van der Waals surface area contributed by atoms with Crippen LogP contribution in [0, 0.1) is 5.92 Å². The SMILES string of the molecule is CC1CCC(NC(=O)NC2CCCCC2)CC1NC(=O)NC1CCCCC1. The molecule has 3 saturated carbocycles. The van der Waals surface area contributed by atoms with Crippen LogP contribution in [0.1, 0.15) is 90.4 Å². The Morgan fingerprint density at radius 2 is 1.07 bits per heavy atom. The maximum Gasteiger partial charge on any atom is 0.315 e. The molecular formula is C21H38N4O2. The van der Waals surface area contributed by atoms with Gasteiger partial charge in [0.15, 0.2) is 0 Å². The molecule has 154 valence electrons. The van der Waals surface area contributed by atoms with E-state index in [9.17, 15) is 9.59 Å². The van der Waals surface area contributed by atoms with Crippen LogP contribution >= 0.6 is 0 Å². The van der Waals surface area contributed by atoms with Crippen LogP contribution < -0.4 is 21.3 Å². The van der Waals surface area contributed by atoms with Crippen LogP contribution in [0.15, 0.2) is 0 Å². The van der Waals surface area contributed by atoms with Crippen molar-refractivity contribution < 1.29 is 9.59 Å². The lowest BCUT2D eigenvalue weighted by atomic mass is 9.83. The van der Waals surface area contributed by atoms with Gasteiger partial charge in [-0.05, 0) is 50.9 Å². The molecule has 0 bridgehead atoms. The molecule has 3 unspecified atom stereocenters. The van der Waals surface area contributed by atoms with Gasteiger partial charge in [0, 0.05) is 24.2 Å². The van der Waals surface area contributed by atoms with E-state index in [1.54, 1.807) is 0 Å². The van der Waals surface area contributed by atoms with Crippen LogP contribution in [0.5, 0.6) is 0 Å². The smallest absolute Gasteiger partial charge is 0.315 e. The van der Waals surface area contributed by atoms with E-state index < -0.39 is 0 Å². The maximum atomic E-state index is 12.4. The second-order valence-corrected chi connectivity index (χ2v) is 9.00. The van der Waals surface area contributed by atoms with Gasteiger partial charge in [0.25, 0.3) is 0 Å². The number of nitrogens with one attached hydrogen (secondary N) is 4. The Morgan fingerprint density at radius 3 is 1.63 bits per heavy atom. The molecule has 27 heavy (non-hydrogen) atoms. The number of hydrogen-bond acceptors (Lipinski definition) is 2. The van der Waals surface area contributed by atoms with Crippen molar-refractivity contribution in [3.8, 4) is 0 Å². The molecule has 0 aromatic carbocycles. The Balaban J connectivity index is 1.41. The van der Waals surface area contributed by atoms with E-state index in [-0.39, 0.29) is 24.1 Å². The highest BCUT2D eigenvalue weighted by Crippen LogP contribution is 2.25. The first-order valence-electron chi connectivity index (χ1n) is 11.2. The van der Waals surface area contributed by atoms with Gasteiger partial charge < -0.3 is 21.3 Å². The van der Waals surface area contributed by atoms with E-state index in [4.69, 9.17) is 0 Å². The van der Waals surface area contributed by atoms with E-state index in [1.807, 2.05) is 0 Å². The fourth-order valence-electron chi connectivity index (χ4n) is 4.96. The molecule has 3 atom stereocenters. The van der Waals surface area contributed by atoms with Crippen molar-refractivity contribution in [3.05, 3.63) is 0 Å². The number of carbonyl (C=O) groups is 2. The molecule has 3 fully saturated rings. The average molecular weight is 379 g/mol. The first-order valence-corrected chi connectivity index (χ1v) is 11.2. The summed E-state index contributed by atoms with van der Waals surface area (Å²) in [6, 6.07) is 0.856. The topological polar surface area (TPSA) is 82.3 Å². The van der Waals surface area contributed by atoms with Crippen LogP contribution in [0.3, 0.4) is 0 Å². The van der Waals surface area contributed by atoms with Gasteiger partial charge in [-0.2, -0.15) is 0 Å². The van der Waals surface area contributed by atoms with Gasteiger partial charge in [0.1, 0.15) is 0 Å². The molecule has 0 heterocycles. The van der Waals surface area contributed by atoms with Gasteiger partial charge in [0.2, 0.25) is 0 Å². The molecule has 4 amide bonds. The lowest BCUT2D eigenvalue weighted by Crippen LogP contribution is -2.54. The van der Waals surface area contributed by atoms with Crippen molar-refractivity contribution in [2.24, 2.45) is 5.92 Å². The molecule has 0 spiro atoms. The summed E-state index contributed by atoms with van der Waals surface area (Å²) < 4.78 is 0. The van der Waals surface area contributed by atoms with Crippen LogP contribution in [0.25, 0.3) is 0 Å². The summed E-state index contributed by atoms with van der Waals surface area (Å²) >= 11 is 0. The molecule has 0 saturated heterocycles. The largest absolute Gasteiger partial charge is 0.335 e. The normalized spacial score (nSPS) is 30.3. The predicted octanol–water partition coefficient (Wildman–Crippen LogP) is 3.81. The monoisotopic (exact) mass is 378 g/mol. The van der Waals surface area contributed by atoms with Crippen molar-refractivity contribution in [1.29, 1.82) is 0 Å². The van der Waals surface area contributed by atoms with Crippen molar-refractivity contribution in [1.82, 2.24) is 21.3 Å². The molecule has 4 N–H and O–H groups in total. The number of carbonyl (C=O) groups excluding carboxylic acids is 2. The highest BCUT2D eigenvalue weighted by Gasteiger charge is 2.30. The number of amides is 4. The van der Waals surface area contributed by atoms with Crippen LogP contribution in [0.2, 0.25) is 0 Å². The summed E-state index contributed by atoms with van der Waals surface area (Å²) in [5.74, 6) is 0.446. The van der Waals surface area contributed by atoms with Gasteiger partial charge in [-0.25, -0.2) is 9.59 Å². The van der Waals surface area contributed by atoms with E-state index in [1.165, 1.54) is 38.5 Å². The van der Waals surface area contributed by atoms with Crippen LogP contribution in [-0.2, 0) is 0 Å². The number of hydrogen-bond donors (Lipinski definition) is 4. The standard InChI is InChI=1S/C21H38N4O2/c1-15-12-13-18(24-20(26)22-16-8-4-2-5-9-16)14-19(15)25-21(27)23-17-10-6-3-7-11-17/h15-19H,2-14H2,1H3,(H2,22,24,26)(H2,23,25,27). The molecule has 6 heteroatoms. The second kappa shape index (κ2) is 10.2. The maximum absolute atomic E-state index is 12.4. The summed E-state index contributed by atoms with van der Waals surface area (Å²) in [6.07, 6.45) is 14.7. The summed E-state index contributed by atoms with van der Waals surface area (Å²) in [5, 5.41) is 12.6. The predicted molar refractivity (Wildman–Crippen MR) is 108 cm³/mol. The third-order valence-corrected chi connectivity index (χ3v) is 6.73. The van der Waals surface area contributed by atoms with Crippen molar-refractivity contribution in [2.45, 2.75) is 115 Å². The number of urea groups is 2. The van der Waals surface area contributed by atoms with E-state index in [0.717, 1.165) is 44.9 Å². The second-order valence-electron chi connectivity index (χ2n) is 9.00. The lowest BCUT2D eigenvalue weighted by molar-refractivity contribution is 0.198. The average Bonchev–Trinajstić information content (AvgIpc) is 2.66. The summed E-state index contributed by atoms with van der Waals surface area (Å²) in [6.45, 7) is 2.20. The van der Waals surface area contributed by atoms with E-state index in [0.29, 0.717) is 18.0 Å². The molecule has 0 aromatic heterocycles. The first kappa shape index (κ1) is 20.3. The molecule has 0 aromatic rings. The minimum Gasteiger partial charge on any atom is -0.335 e. The minimum atomic E-state index is -0.0361. The third kappa shape index (κ3) is 6.58. The third-order valence-electron chi connectivity index (χ3n) is 6.73. The highest BCUT2D eigenvalue weighted by molar-refractivity contribution is 5.75. The summed E-state index contributed by atoms with van der Waals surface area (Å²) in [5.41, 5.74) is 0. The van der Waals surface area contributed by atoms with Gasteiger partial charge in [0.05, 0.1) is 0 Å². The van der Waals surface area contributed by atoms with Crippen molar-refractivity contribution in [2.75, 3.05) is 0 Å². The van der Waals surface area contributed by atoms with Crippen LogP contribution in [-0.4, -0.2) is 36.2 Å². The van der Waals surface area contributed by atoms with Gasteiger partial charge >= 0.3 is 12.1 Å². The molecular weight excluding hydrogens is 340 g/mol. The van der Waals surface area contributed by atoms with E-state index in [2.05, 4.69) is 28.2 Å².